The van der Waals surface area contributed by atoms with Gasteiger partial charge >= 0.3 is 5.97 Å². The first-order chi connectivity index (χ1) is 15.8. The zero-order chi connectivity index (χ0) is 23.8. The van der Waals surface area contributed by atoms with Gasteiger partial charge in [-0.05, 0) is 56.2 Å². The van der Waals surface area contributed by atoms with E-state index in [4.69, 9.17) is 14.2 Å². The number of carbonyl (C=O) groups excluding carboxylic acids is 2. The van der Waals surface area contributed by atoms with Crippen LogP contribution in [-0.2, 0) is 24.3 Å². The number of anilines is 1. The van der Waals surface area contributed by atoms with Crippen molar-refractivity contribution in [2.24, 2.45) is 5.92 Å². The molecule has 3 rings (SSSR count). The number of esters is 1. The predicted molar refractivity (Wildman–Crippen MR) is 122 cm³/mol. The molecule has 33 heavy (non-hydrogen) atoms. The van der Waals surface area contributed by atoms with E-state index in [9.17, 15) is 18.0 Å². The van der Waals surface area contributed by atoms with Crippen LogP contribution in [0.5, 0.6) is 11.5 Å². The summed E-state index contributed by atoms with van der Waals surface area (Å²) in [5.41, 5.74) is 0.381. The second-order valence-electron chi connectivity index (χ2n) is 7.50. The summed E-state index contributed by atoms with van der Waals surface area (Å²) in [6, 6.07) is 12.4. The lowest BCUT2D eigenvalue weighted by Gasteiger charge is -2.30. The Morgan fingerprint density at radius 1 is 1.06 bits per heavy atom. The molecule has 9 nitrogen and oxygen atoms in total. The van der Waals surface area contributed by atoms with Crippen molar-refractivity contribution >= 4 is 27.6 Å². The Morgan fingerprint density at radius 2 is 1.76 bits per heavy atom. The largest absolute Gasteiger partial charge is 0.497 e. The van der Waals surface area contributed by atoms with Crippen molar-refractivity contribution in [2.75, 3.05) is 38.1 Å². The van der Waals surface area contributed by atoms with Crippen LogP contribution in [0.15, 0.2) is 53.4 Å². The third kappa shape index (κ3) is 6.61. The van der Waals surface area contributed by atoms with Crippen LogP contribution in [0, 0.1) is 5.92 Å². The second kappa shape index (κ2) is 11.0. The van der Waals surface area contributed by atoms with Crippen molar-refractivity contribution in [1.29, 1.82) is 0 Å². The van der Waals surface area contributed by atoms with E-state index in [1.807, 2.05) is 0 Å². The fraction of sp³-hybridized carbons (Fsp3) is 0.391. The maximum absolute atomic E-state index is 12.6. The number of nitrogens with zero attached hydrogens (tertiary/aromatic N) is 1. The Labute approximate surface area is 193 Å². The summed E-state index contributed by atoms with van der Waals surface area (Å²) >= 11 is 0. The third-order valence-corrected chi connectivity index (χ3v) is 6.68. The van der Waals surface area contributed by atoms with Gasteiger partial charge in [-0.1, -0.05) is 6.07 Å². The van der Waals surface area contributed by atoms with E-state index < -0.39 is 10.0 Å². The summed E-state index contributed by atoms with van der Waals surface area (Å²) in [6.45, 7) is 2.89. The summed E-state index contributed by atoms with van der Waals surface area (Å²) in [5.74, 6) is 0.347. The normalized spacial score (nSPS) is 14.4. The number of hydrogen-bond acceptors (Lipinski definition) is 7. The molecule has 1 aliphatic rings. The van der Waals surface area contributed by atoms with Gasteiger partial charge in [0.05, 0.1) is 30.2 Å². The molecule has 1 amide bonds. The highest BCUT2D eigenvalue weighted by Gasteiger charge is 2.28. The Kier molecular flexibility index (Phi) is 8.16. The smallest absolute Gasteiger partial charge is 0.309 e. The van der Waals surface area contributed by atoms with Crippen molar-refractivity contribution in [3.8, 4) is 11.5 Å². The van der Waals surface area contributed by atoms with Gasteiger partial charge in [-0.2, -0.15) is 0 Å². The highest BCUT2D eigenvalue weighted by atomic mass is 32.2. The maximum atomic E-state index is 12.6. The molecular formula is C23H28N2O7S. The highest BCUT2D eigenvalue weighted by molar-refractivity contribution is 7.92. The summed E-state index contributed by atoms with van der Waals surface area (Å²) in [7, 11) is -2.29. The van der Waals surface area contributed by atoms with Gasteiger partial charge in [0.25, 0.3) is 15.9 Å². The lowest BCUT2D eigenvalue weighted by atomic mass is 9.97. The number of nitrogens with one attached hydrogen (secondary N) is 1. The van der Waals surface area contributed by atoms with Gasteiger partial charge in [-0.25, -0.2) is 8.42 Å². The van der Waals surface area contributed by atoms with Crippen LogP contribution in [0.2, 0.25) is 0 Å². The van der Waals surface area contributed by atoms with Gasteiger partial charge in [-0.15, -0.1) is 0 Å². The fourth-order valence-corrected chi connectivity index (χ4v) is 4.53. The monoisotopic (exact) mass is 476 g/mol. The van der Waals surface area contributed by atoms with E-state index in [-0.39, 0.29) is 29.3 Å². The van der Waals surface area contributed by atoms with Crippen LogP contribution in [0.3, 0.4) is 0 Å². The molecule has 2 aromatic carbocycles. The summed E-state index contributed by atoms with van der Waals surface area (Å²) in [6.07, 6.45) is 1.13. The molecule has 178 valence electrons. The molecule has 1 aliphatic heterocycles. The minimum absolute atomic E-state index is 0.0602. The van der Waals surface area contributed by atoms with E-state index in [1.165, 1.54) is 31.4 Å². The number of hydrogen-bond donors (Lipinski definition) is 1. The minimum Gasteiger partial charge on any atom is -0.497 e. The van der Waals surface area contributed by atoms with Crippen LogP contribution in [0.25, 0.3) is 0 Å². The number of sulfonamides is 1. The molecule has 2 aromatic rings. The molecular weight excluding hydrogens is 448 g/mol. The molecule has 1 saturated heterocycles. The third-order valence-electron chi connectivity index (χ3n) is 5.29. The van der Waals surface area contributed by atoms with Gasteiger partial charge in [0.1, 0.15) is 11.5 Å². The predicted octanol–water partition coefficient (Wildman–Crippen LogP) is 2.68. The van der Waals surface area contributed by atoms with Crippen LogP contribution < -0.4 is 14.2 Å². The standard InChI is InChI=1S/C23H28N2O7S/c1-3-31-23(27)17-11-13-25(14-12-17)22(26)16-32-19-7-9-21(10-8-19)33(28,29)24-18-5-4-6-20(15-18)30-2/h4-10,15,17,24H,3,11-14,16H2,1-2H3. The number of rotatable bonds is 9. The average Bonchev–Trinajstić information content (AvgIpc) is 2.83. The topological polar surface area (TPSA) is 111 Å². The van der Waals surface area contributed by atoms with Crippen molar-refractivity contribution in [3.05, 3.63) is 48.5 Å². The molecule has 10 heteroatoms. The molecule has 0 aromatic heterocycles. The summed E-state index contributed by atoms with van der Waals surface area (Å²) in [5, 5.41) is 0. The molecule has 0 bridgehead atoms. The lowest BCUT2D eigenvalue weighted by molar-refractivity contribution is -0.151. The molecule has 0 spiro atoms. The fourth-order valence-electron chi connectivity index (χ4n) is 3.48. The van der Waals surface area contributed by atoms with Crippen molar-refractivity contribution in [3.63, 3.8) is 0 Å². The Morgan fingerprint density at radius 3 is 2.39 bits per heavy atom. The minimum atomic E-state index is -3.79. The first kappa shape index (κ1) is 24.4. The first-order valence-corrected chi connectivity index (χ1v) is 12.1. The van der Waals surface area contributed by atoms with Crippen LogP contribution in [0.4, 0.5) is 5.69 Å². The van der Waals surface area contributed by atoms with Gasteiger partial charge in [0, 0.05) is 19.2 Å². The number of ether oxygens (including phenoxy) is 3. The summed E-state index contributed by atoms with van der Waals surface area (Å²) in [4.78, 5) is 26.0. The molecule has 0 radical (unpaired) electrons. The highest BCUT2D eigenvalue weighted by Crippen LogP contribution is 2.23. The molecule has 0 unspecified atom stereocenters. The van der Waals surface area contributed by atoms with Crippen molar-refractivity contribution in [1.82, 2.24) is 4.90 Å². The van der Waals surface area contributed by atoms with E-state index in [2.05, 4.69) is 4.72 Å². The Hall–Kier alpha value is -3.27. The van der Waals surface area contributed by atoms with Crippen LogP contribution in [-0.4, -0.2) is 58.6 Å². The maximum Gasteiger partial charge on any atom is 0.309 e. The number of benzene rings is 2. The van der Waals surface area contributed by atoms with E-state index in [0.717, 1.165) is 0 Å². The van der Waals surface area contributed by atoms with Gasteiger partial charge in [-0.3, -0.25) is 14.3 Å². The zero-order valence-electron chi connectivity index (χ0n) is 18.7. The molecule has 0 saturated carbocycles. The molecule has 1 N–H and O–H groups in total. The average molecular weight is 477 g/mol. The van der Waals surface area contributed by atoms with E-state index >= 15 is 0 Å². The number of likely N-dealkylation sites (tertiary alicyclic amines) is 1. The van der Waals surface area contributed by atoms with Crippen LogP contribution >= 0.6 is 0 Å². The zero-order valence-corrected chi connectivity index (χ0v) is 19.5. The summed E-state index contributed by atoms with van der Waals surface area (Å²) < 4.78 is 43.4. The lowest BCUT2D eigenvalue weighted by Crippen LogP contribution is -2.42. The second-order valence-corrected chi connectivity index (χ2v) is 9.19. The number of carbonyl (C=O) groups is 2. The molecule has 1 heterocycles. The SMILES string of the molecule is CCOC(=O)C1CCN(C(=O)COc2ccc(S(=O)(=O)Nc3cccc(OC)c3)cc2)CC1. The van der Waals surface area contributed by atoms with Gasteiger partial charge in [0.15, 0.2) is 6.61 Å². The van der Waals surface area contributed by atoms with E-state index in [0.29, 0.717) is 49.7 Å². The van der Waals surface area contributed by atoms with Crippen LogP contribution in [0.1, 0.15) is 19.8 Å². The number of amides is 1. The number of methoxy groups -OCH3 is 1. The first-order valence-electron chi connectivity index (χ1n) is 10.7. The molecule has 0 aliphatic carbocycles. The van der Waals surface area contributed by atoms with E-state index in [1.54, 1.807) is 36.1 Å². The Bertz CT molecular complexity index is 1060. The van der Waals surface area contributed by atoms with Gasteiger partial charge < -0.3 is 19.1 Å². The molecule has 1 fully saturated rings. The van der Waals surface area contributed by atoms with Crippen molar-refractivity contribution in [2.45, 2.75) is 24.7 Å². The Balaban J connectivity index is 1.51. The molecule has 0 atom stereocenters. The quantitative estimate of drug-likeness (QED) is 0.554. The number of piperidine rings is 1. The van der Waals surface area contributed by atoms with Gasteiger partial charge in [0.2, 0.25) is 0 Å². The van der Waals surface area contributed by atoms with Crippen molar-refractivity contribution < 1.29 is 32.2 Å².